The zero-order chi connectivity index (χ0) is 22.9. The number of fused-ring (bicyclic) bond motifs is 2. The summed E-state index contributed by atoms with van der Waals surface area (Å²) in [6, 6.07) is 10.5. The Kier molecular flexibility index (Phi) is 5.55. The van der Waals surface area contributed by atoms with Gasteiger partial charge in [0.25, 0.3) is 11.8 Å². The molecule has 0 saturated heterocycles. The number of Topliss-reactive ketones (excluding diaryl/α,β-unsaturated/α-hetero) is 1. The third-order valence-electron chi connectivity index (χ3n) is 5.60. The molecule has 2 aliphatic rings. The Hall–Kier alpha value is -3.72. The van der Waals surface area contributed by atoms with Crippen LogP contribution in [0.5, 0.6) is 11.5 Å². The lowest BCUT2D eigenvalue weighted by atomic mass is 10.1. The van der Waals surface area contributed by atoms with Gasteiger partial charge in [-0.15, -0.1) is 11.3 Å². The number of nitrogens with zero attached hydrogens (tertiary/aromatic N) is 3. The standard InChI is InChI=1S/C24H21N3O5S/c1-2-7-26-18-9-16(4-6-21(18)31-11-23(26)29)20(28)10-27-19-8-15(17-13-33-14-25-17)3-5-22(19)32-12-24(27)30/h3-6,8-9,13-14H,2,7,10-12H2,1H3. The summed E-state index contributed by atoms with van der Waals surface area (Å²) >= 11 is 1.48. The van der Waals surface area contributed by atoms with Crippen molar-refractivity contribution in [2.24, 2.45) is 0 Å². The smallest absolute Gasteiger partial charge is 0.265 e. The van der Waals surface area contributed by atoms with E-state index in [2.05, 4.69) is 4.98 Å². The van der Waals surface area contributed by atoms with Gasteiger partial charge in [0.2, 0.25) is 0 Å². The van der Waals surface area contributed by atoms with Crippen molar-refractivity contribution in [2.75, 3.05) is 36.1 Å². The largest absolute Gasteiger partial charge is 0.482 e. The lowest BCUT2D eigenvalue weighted by Gasteiger charge is -2.30. The van der Waals surface area contributed by atoms with E-state index in [1.54, 1.807) is 34.7 Å². The molecule has 33 heavy (non-hydrogen) atoms. The molecule has 9 heteroatoms. The molecule has 0 N–H and O–H groups in total. The van der Waals surface area contributed by atoms with Crippen LogP contribution in [0, 0.1) is 0 Å². The number of hydrogen-bond acceptors (Lipinski definition) is 7. The predicted molar refractivity (Wildman–Crippen MR) is 124 cm³/mol. The summed E-state index contributed by atoms with van der Waals surface area (Å²) in [6.07, 6.45) is 0.781. The van der Waals surface area contributed by atoms with Gasteiger partial charge in [0, 0.05) is 23.1 Å². The average Bonchev–Trinajstić information content (AvgIpc) is 3.37. The molecule has 2 aromatic carbocycles. The van der Waals surface area contributed by atoms with Gasteiger partial charge >= 0.3 is 0 Å². The number of benzene rings is 2. The lowest BCUT2D eigenvalue weighted by molar-refractivity contribution is -0.121. The molecular formula is C24H21N3O5S. The Morgan fingerprint density at radius 2 is 1.70 bits per heavy atom. The molecule has 0 saturated carbocycles. The van der Waals surface area contributed by atoms with Crippen molar-refractivity contribution in [1.82, 2.24) is 4.98 Å². The van der Waals surface area contributed by atoms with Crippen molar-refractivity contribution in [3.05, 3.63) is 52.9 Å². The summed E-state index contributed by atoms with van der Waals surface area (Å²) in [5, 5.41) is 1.92. The molecule has 0 unspecified atom stereocenters. The quantitative estimate of drug-likeness (QED) is 0.520. The topological polar surface area (TPSA) is 89.0 Å². The number of rotatable bonds is 6. The molecule has 0 spiro atoms. The lowest BCUT2D eigenvalue weighted by Crippen LogP contribution is -2.42. The first-order chi connectivity index (χ1) is 16.0. The van der Waals surface area contributed by atoms with E-state index in [1.165, 1.54) is 16.2 Å². The Labute approximate surface area is 194 Å². The zero-order valence-electron chi connectivity index (χ0n) is 17.9. The molecule has 0 bridgehead atoms. The van der Waals surface area contributed by atoms with Crippen LogP contribution in [0.1, 0.15) is 23.7 Å². The molecular weight excluding hydrogens is 442 g/mol. The maximum absolute atomic E-state index is 13.2. The van der Waals surface area contributed by atoms with Crippen molar-refractivity contribution in [3.63, 3.8) is 0 Å². The third-order valence-corrected chi connectivity index (χ3v) is 6.19. The van der Waals surface area contributed by atoms with Crippen LogP contribution >= 0.6 is 11.3 Å². The van der Waals surface area contributed by atoms with Crippen LogP contribution in [0.3, 0.4) is 0 Å². The van der Waals surface area contributed by atoms with Crippen molar-refractivity contribution in [1.29, 1.82) is 0 Å². The second kappa shape index (κ2) is 8.67. The van der Waals surface area contributed by atoms with Gasteiger partial charge in [-0.1, -0.05) is 6.92 Å². The van der Waals surface area contributed by atoms with Gasteiger partial charge in [-0.25, -0.2) is 4.98 Å². The van der Waals surface area contributed by atoms with Crippen LogP contribution in [-0.2, 0) is 9.59 Å². The normalized spacial score (nSPS) is 14.9. The van der Waals surface area contributed by atoms with E-state index >= 15 is 0 Å². The summed E-state index contributed by atoms with van der Waals surface area (Å²) in [4.78, 5) is 45.6. The van der Waals surface area contributed by atoms with E-state index < -0.39 is 0 Å². The highest BCUT2D eigenvalue weighted by atomic mass is 32.1. The second-order valence-corrected chi connectivity index (χ2v) is 8.48. The molecule has 0 radical (unpaired) electrons. The fourth-order valence-corrected chi connectivity index (χ4v) is 4.53. The van der Waals surface area contributed by atoms with Gasteiger partial charge in [0.05, 0.1) is 29.1 Å². The Bertz CT molecular complexity index is 1240. The Morgan fingerprint density at radius 1 is 1.00 bits per heavy atom. The number of anilines is 2. The Morgan fingerprint density at radius 3 is 2.39 bits per heavy atom. The number of carbonyl (C=O) groups excluding carboxylic acids is 3. The molecule has 3 heterocycles. The molecule has 2 amide bonds. The van der Waals surface area contributed by atoms with Crippen LogP contribution in [0.4, 0.5) is 11.4 Å². The number of amides is 2. The van der Waals surface area contributed by atoms with E-state index in [0.717, 1.165) is 17.7 Å². The number of carbonyl (C=O) groups is 3. The van der Waals surface area contributed by atoms with E-state index in [-0.39, 0.29) is 37.4 Å². The third kappa shape index (κ3) is 3.95. The van der Waals surface area contributed by atoms with Crippen LogP contribution in [0.15, 0.2) is 47.3 Å². The molecule has 2 aliphatic heterocycles. The number of ether oxygens (including phenoxy) is 2. The highest BCUT2D eigenvalue weighted by Gasteiger charge is 2.30. The predicted octanol–water partition coefficient (Wildman–Crippen LogP) is 3.55. The van der Waals surface area contributed by atoms with Gasteiger partial charge in [0.15, 0.2) is 19.0 Å². The van der Waals surface area contributed by atoms with Gasteiger partial charge in [-0.3, -0.25) is 19.3 Å². The number of ketones is 1. The molecule has 3 aromatic rings. The molecule has 0 fully saturated rings. The first kappa shape index (κ1) is 21.1. The maximum atomic E-state index is 13.2. The summed E-state index contributed by atoms with van der Waals surface area (Å²) < 4.78 is 11.1. The molecule has 8 nitrogen and oxygen atoms in total. The van der Waals surface area contributed by atoms with Gasteiger partial charge in [0.1, 0.15) is 11.5 Å². The zero-order valence-corrected chi connectivity index (χ0v) is 18.8. The van der Waals surface area contributed by atoms with Crippen molar-refractivity contribution < 1.29 is 23.9 Å². The van der Waals surface area contributed by atoms with Crippen molar-refractivity contribution in [3.8, 4) is 22.8 Å². The van der Waals surface area contributed by atoms with E-state index in [1.807, 2.05) is 24.4 Å². The van der Waals surface area contributed by atoms with Crippen LogP contribution in [0.25, 0.3) is 11.3 Å². The van der Waals surface area contributed by atoms with Crippen LogP contribution in [0.2, 0.25) is 0 Å². The minimum atomic E-state index is -0.296. The van der Waals surface area contributed by atoms with Crippen molar-refractivity contribution >= 4 is 40.3 Å². The number of hydrogen-bond donors (Lipinski definition) is 0. The Balaban J connectivity index is 1.44. The SMILES string of the molecule is CCCN1C(=O)COc2ccc(C(=O)CN3C(=O)COc4ccc(-c5cscn5)cc43)cc21. The first-order valence-corrected chi connectivity index (χ1v) is 11.6. The molecule has 0 aliphatic carbocycles. The van der Waals surface area contributed by atoms with Crippen LogP contribution in [-0.4, -0.2) is 48.9 Å². The molecule has 168 valence electrons. The molecule has 1 aromatic heterocycles. The number of aromatic nitrogens is 1. The van der Waals surface area contributed by atoms with Crippen molar-refractivity contribution in [2.45, 2.75) is 13.3 Å². The molecule has 0 atom stereocenters. The highest BCUT2D eigenvalue weighted by molar-refractivity contribution is 7.07. The van der Waals surface area contributed by atoms with Gasteiger partial charge < -0.3 is 14.4 Å². The average molecular weight is 464 g/mol. The van der Waals surface area contributed by atoms with E-state index in [4.69, 9.17) is 9.47 Å². The number of thiazole rings is 1. The van der Waals surface area contributed by atoms with E-state index in [0.29, 0.717) is 35.0 Å². The fraction of sp³-hybridized carbons (Fsp3) is 0.250. The van der Waals surface area contributed by atoms with Gasteiger partial charge in [-0.05, 0) is 42.8 Å². The van der Waals surface area contributed by atoms with Gasteiger partial charge in [-0.2, -0.15) is 0 Å². The maximum Gasteiger partial charge on any atom is 0.265 e. The summed E-state index contributed by atoms with van der Waals surface area (Å²) in [5.74, 6) is 0.434. The summed E-state index contributed by atoms with van der Waals surface area (Å²) in [5.41, 5.74) is 4.90. The highest BCUT2D eigenvalue weighted by Crippen LogP contribution is 2.37. The minimum Gasteiger partial charge on any atom is -0.482 e. The summed E-state index contributed by atoms with van der Waals surface area (Å²) in [6.45, 7) is 2.24. The fourth-order valence-electron chi connectivity index (χ4n) is 3.97. The molecule has 5 rings (SSSR count). The summed E-state index contributed by atoms with van der Waals surface area (Å²) in [7, 11) is 0. The second-order valence-electron chi connectivity index (χ2n) is 7.76. The van der Waals surface area contributed by atoms with E-state index in [9.17, 15) is 14.4 Å². The minimum absolute atomic E-state index is 0.0132. The van der Waals surface area contributed by atoms with Crippen LogP contribution < -0.4 is 19.3 Å². The first-order valence-electron chi connectivity index (χ1n) is 10.6. The monoisotopic (exact) mass is 463 g/mol.